The van der Waals surface area contributed by atoms with Gasteiger partial charge in [-0.3, -0.25) is 4.79 Å². The standard InChI is InChI=1S/C17H26N2O4/c1-10-5-7-19(8-6-10)14(21)9-23-17(22)16-11(2)15(13(4)20)12(3)18-16/h10,13,18,20H,5-9H2,1-4H3/t13-/m0/s1. The van der Waals surface area contributed by atoms with Crippen molar-refractivity contribution in [2.45, 2.75) is 46.6 Å². The third-order valence-corrected chi connectivity index (χ3v) is 4.58. The summed E-state index contributed by atoms with van der Waals surface area (Å²) in [6.07, 6.45) is 1.32. The number of carbonyl (C=O) groups excluding carboxylic acids is 2. The maximum absolute atomic E-state index is 12.2. The van der Waals surface area contributed by atoms with Crippen LogP contribution in [0, 0.1) is 19.8 Å². The molecule has 1 aliphatic heterocycles. The van der Waals surface area contributed by atoms with Crippen molar-refractivity contribution in [1.29, 1.82) is 0 Å². The molecule has 1 atom stereocenters. The summed E-state index contributed by atoms with van der Waals surface area (Å²) >= 11 is 0. The van der Waals surface area contributed by atoms with Gasteiger partial charge in [0.1, 0.15) is 5.69 Å². The molecule has 0 aromatic carbocycles. The van der Waals surface area contributed by atoms with Crippen LogP contribution in [0.25, 0.3) is 0 Å². The summed E-state index contributed by atoms with van der Waals surface area (Å²) < 4.78 is 5.16. The van der Waals surface area contributed by atoms with Crippen LogP contribution < -0.4 is 0 Å². The van der Waals surface area contributed by atoms with E-state index < -0.39 is 12.1 Å². The van der Waals surface area contributed by atoms with Crippen molar-refractivity contribution >= 4 is 11.9 Å². The second-order valence-corrected chi connectivity index (χ2v) is 6.48. The molecule has 128 valence electrons. The van der Waals surface area contributed by atoms with Gasteiger partial charge in [-0.2, -0.15) is 0 Å². The van der Waals surface area contributed by atoms with Crippen LogP contribution in [-0.2, 0) is 9.53 Å². The number of piperidine rings is 1. The van der Waals surface area contributed by atoms with Gasteiger partial charge < -0.3 is 19.7 Å². The van der Waals surface area contributed by atoms with E-state index in [2.05, 4.69) is 11.9 Å². The zero-order valence-corrected chi connectivity index (χ0v) is 14.3. The molecule has 0 unspecified atom stereocenters. The Hall–Kier alpha value is -1.82. The molecular weight excluding hydrogens is 296 g/mol. The molecule has 1 aromatic heterocycles. The first-order valence-corrected chi connectivity index (χ1v) is 8.13. The number of aliphatic hydroxyl groups excluding tert-OH is 1. The van der Waals surface area contributed by atoms with E-state index in [4.69, 9.17) is 4.74 Å². The minimum absolute atomic E-state index is 0.151. The number of aromatic nitrogens is 1. The predicted molar refractivity (Wildman–Crippen MR) is 86.2 cm³/mol. The summed E-state index contributed by atoms with van der Waals surface area (Å²) in [6.45, 7) is 8.60. The number of rotatable bonds is 4. The van der Waals surface area contributed by atoms with E-state index in [1.165, 1.54) is 0 Å². The third kappa shape index (κ3) is 3.93. The number of esters is 1. The second-order valence-electron chi connectivity index (χ2n) is 6.48. The molecule has 1 fully saturated rings. The van der Waals surface area contributed by atoms with Crippen LogP contribution in [0.3, 0.4) is 0 Å². The SMILES string of the molecule is Cc1[nH]c(C(=O)OCC(=O)N2CCC(C)CC2)c(C)c1[C@H](C)O. The Balaban J connectivity index is 1.95. The van der Waals surface area contributed by atoms with E-state index in [0.717, 1.165) is 31.6 Å². The van der Waals surface area contributed by atoms with Crippen molar-refractivity contribution in [2.24, 2.45) is 5.92 Å². The zero-order chi connectivity index (χ0) is 17.1. The summed E-state index contributed by atoms with van der Waals surface area (Å²) in [4.78, 5) is 29.0. The van der Waals surface area contributed by atoms with E-state index in [1.54, 1.807) is 25.7 Å². The van der Waals surface area contributed by atoms with Gasteiger partial charge in [0, 0.05) is 24.3 Å². The Morgan fingerprint density at radius 2 is 1.96 bits per heavy atom. The first kappa shape index (κ1) is 17.5. The van der Waals surface area contributed by atoms with Gasteiger partial charge in [0.15, 0.2) is 6.61 Å². The summed E-state index contributed by atoms with van der Waals surface area (Å²) in [6, 6.07) is 0. The van der Waals surface area contributed by atoms with Gasteiger partial charge in [-0.25, -0.2) is 4.79 Å². The van der Waals surface area contributed by atoms with E-state index in [1.807, 2.05) is 0 Å². The predicted octanol–water partition coefficient (Wildman–Crippen LogP) is 2.10. The first-order chi connectivity index (χ1) is 10.8. The Labute approximate surface area is 136 Å². The highest BCUT2D eigenvalue weighted by Crippen LogP contribution is 2.25. The Morgan fingerprint density at radius 1 is 1.35 bits per heavy atom. The molecule has 0 radical (unpaired) electrons. The number of aromatic amines is 1. The molecular formula is C17H26N2O4. The molecule has 6 heteroatoms. The number of aliphatic hydroxyl groups is 1. The van der Waals surface area contributed by atoms with E-state index in [0.29, 0.717) is 22.7 Å². The molecule has 1 aromatic rings. The number of amides is 1. The lowest BCUT2D eigenvalue weighted by Gasteiger charge is -2.30. The number of hydrogen-bond acceptors (Lipinski definition) is 4. The number of carbonyl (C=O) groups is 2. The first-order valence-electron chi connectivity index (χ1n) is 8.13. The van der Waals surface area contributed by atoms with E-state index in [9.17, 15) is 14.7 Å². The molecule has 1 saturated heterocycles. The Kier molecular flexibility index (Phi) is 5.46. The molecule has 2 rings (SSSR count). The van der Waals surface area contributed by atoms with Crippen LogP contribution in [0.4, 0.5) is 0 Å². The Bertz CT molecular complexity index is 584. The minimum Gasteiger partial charge on any atom is -0.451 e. The lowest BCUT2D eigenvalue weighted by atomic mass is 9.99. The fourth-order valence-electron chi connectivity index (χ4n) is 3.14. The molecule has 1 amide bonds. The van der Waals surface area contributed by atoms with Crippen LogP contribution in [-0.4, -0.2) is 46.6 Å². The number of H-pyrrole nitrogens is 1. The fraction of sp³-hybridized carbons (Fsp3) is 0.647. The number of nitrogens with zero attached hydrogens (tertiary/aromatic N) is 1. The molecule has 23 heavy (non-hydrogen) atoms. The van der Waals surface area contributed by atoms with Crippen molar-refractivity contribution in [1.82, 2.24) is 9.88 Å². The van der Waals surface area contributed by atoms with E-state index >= 15 is 0 Å². The molecule has 0 bridgehead atoms. The molecule has 6 nitrogen and oxygen atoms in total. The van der Waals surface area contributed by atoms with Crippen LogP contribution in [0.2, 0.25) is 0 Å². The van der Waals surface area contributed by atoms with Gasteiger partial charge in [-0.1, -0.05) is 6.92 Å². The number of likely N-dealkylation sites (tertiary alicyclic amines) is 1. The van der Waals surface area contributed by atoms with Crippen molar-refractivity contribution in [3.05, 3.63) is 22.5 Å². The highest BCUT2D eigenvalue weighted by atomic mass is 16.5. The van der Waals surface area contributed by atoms with Gasteiger partial charge in [-0.05, 0) is 45.1 Å². The van der Waals surface area contributed by atoms with Gasteiger partial charge >= 0.3 is 5.97 Å². The average Bonchev–Trinajstić information content (AvgIpc) is 2.80. The van der Waals surface area contributed by atoms with Crippen LogP contribution in [0.15, 0.2) is 0 Å². The quantitative estimate of drug-likeness (QED) is 0.832. The number of hydrogen-bond donors (Lipinski definition) is 2. The van der Waals surface area contributed by atoms with Crippen LogP contribution in [0.5, 0.6) is 0 Å². The minimum atomic E-state index is -0.662. The summed E-state index contributed by atoms with van der Waals surface area (Å²) in [5, 5.41) is 9.76. The topological polar surface area (TPSA) is 82.6 Å². The van der Waals surface area contributed by atoms with Crippen LogP contribution >= 0.6 is 0 Å². The molecule has 0 saturated carbocycles. The van der Waals surface area contributed by atoms with Crippen molar-refractivity contribution in [3.8, 4) is 0 Å². The van der Waals surface area contributed by atoms with Gasteiger partial charge in [0.05, 0.1) is 6.10 Å². The molecule has 2 heterocycles. The third-order valence-electron chi connectivity index (χ3n) is 4.58. The van der Waals surface area contributed by atoms with Crippen molar-refractivity contribution in [2.75, 3.05) is 19.7 Å². The summed E-state index contributed by atoms with van der Waals surface area (Å²) in [7, 11) is 0. The fourth-order valence-corrected chi connectivity index (χ4v) is 3.14. The number of nitrogens with one attached hydrogen (secondary N) is 1. The van der Waals surface area contributed by atoms with Gasteiger partial charge in [0.25, 0.3) is 5.91 Å². The van der Waals surface area contributed by atoms with Crippen molar-refractivity contribution < 1.29 is 19.4 Å². The van der Waals surface area contributed by atoms with E-state index in [-0.39, 0.29) is 12.5 Å². The van der Waals surface area contributed by atoms with Gasteiger partial charge in [0.2, 0.25) is 0 Å². The zero-order valence-electron chi connectivity index (χ0n) is 14.3. The highest BCUT2D eigenvalue weighted by Gasteiger charge is 2.24. The molecule has 2 N–H and O–H groups in total. The largest absolute Gasteiger partial charge is 0.451 e. The molecule has 1 aliphatic rings. The average molecular weight is 322 g/mol. The lowest BCUT2D eigenvalue weighted by molar-refractivity contribution is -0.135. The second kappa shape index (κ2) is 7.17. The lowest BCUT2D eigenvalue weighted by Crippen LogP contribution is -2.40. The van der Waals surface area contributed by atoms with Crippen molar-refractivity contribution in [3.63, 3.8) is 0 Å². The smallest absolute Gasteiger partial charge is 0.355 e. The van der Waals surface area contributed by atoms with Crippen LogP contribution in [0.1, 0.15) is 60.1 Å². The number of aryl methyl sites for hydroxylation is 1. The Morgan fingerprint density at radius 3 is 2.48 bits per heavy atom. The number of ether oxygens (including phenoxy) is 1. The molecule has 0 spiro atoms. The summed E-state index contributed by atoms with van der Waals surface area (Å²) in [5.74, 6) is -0.0665. The normalized spacial score (nSPS) is 17.2. The maximum Gasteiger partial charge on any atom is 0.355 e. The summed E-state index contributed by atoms with van der Waals surface area (Å²) in [5.41, 5.74) is 2.41. The maximum atomic E-state index is 12.2. The monoisotopic (exact) mass is 322 g/mol. The molecule has 0 aliphatic carbocycles. The highest BCUT2D eigenvalue weighted by molar-refractivity contribution is 5.91. The van der Waals surface area contributed by atoms with Gasteiger partial charge in [-0.15, -0.1) is 0 Å².